The summed E-state index contributed by atoms with van der Waals surface area (Å²) in [7, 11) is 0. The first kappa shape index (κ1) is 12.1. The van der Waals surface area contributed by atoms with E-state index in [0.29, 0.717) is 24.4 Å². The van der Waals surface area contributed by atoms with Crippen LogP contribution in [0.3, 0.4) is 0 Å². The summed E-state index contributed by atoms with van der Waals surface area (Å²) in [6, 6.07) is 0. The van der Waals surface area contributed by atoms with Crippen LogP contribution in [0.2, 0.25) is 0 Å². The Morgan fingerprint density at radius 1 is 1.53 bits per heavy atom. The first-order valence-corrected chi connectivity index (χ1v) is 5.80. The Balaban J connectivity index is 1.92. The van der Waals surface area contributed by atoms with E-state index in [9.17, 15) is 0 Å². The Hall–Kier alpha value is -1.40. The molecule has 1 aromatic heterocycles. The molecular weight excluding hydrogens is 220 g/mol. The number of hydrazine groups is 1. The van der Waals surface area contributed by atoms with Crippen molar-refractivity contribution in [3.63, 3.8) is 0 Å². The van der Waals surface area contributed by atoms with Crippen LogP contribution in [0.1, 0.15) is 18.4 Å². The number of rotatable bonds is 4. The van der Waals surface area contributed by atoms with Gasteiger partial charge in [-0.2, -0.15) is 4.98 Å². The van der Waals surface area contributed by atoms with Gasteiger partial charge in [-0.05, 0) is 25.7 Å². The van der Waals surface area contributed by atoms with E-state index >= 15 is 0 Å². The van der Waals surface area contributed by atoms with Crippen LogP contribution in [0.5, 0.6) is 5.88 Å². The molecule has 17 heavy (non-hydrogen) atoms. The van der Waals surface area contributed by atoms with E-state index in [0.717, 1.165) is 31.6 Å². The predicted octanol–water partition coefficient (Wildman–Crippen LogP) is 0.876. The third-order valence-corrected chi connectivity index (χ3v) is 2.85. The molecule has 0 aromatic carbocycles. The van der Waals surface area contributed by atoms with Gasteiger partial charge in [0.05, 0.1) is 6.61 Å². The third kappa shape index (κ3) is 3.28. The number of hydrogen-bond acceptors (Lipinski definition) is 6. The molecule has 1 aromatic rings. The Labute approximate surface area is 101 Å². The number of anilines is 1. The average molecular weight is 238 g/mol. The second kappa shape index (κ2) is 5.79. The first-order valence-electron chi connectivity index (χ1n) is 5.80. The minimum absolute atomic E-state index is 0.373. The highest BCUT2D eigenvalue weighted by molar-refractivity contribution is 5.31. The van der Waals surface area contributed by atoms with Gasteiger partial charge >= 0.3 is 0 Å². The average Bonchev–Trinajstić information content (AvgIpc) is 2.39. The third-order valence-electron chi connectivity index (χ3n) is 2.85. The van der Waals surface area contributed by atoms with Crippen molar-refractivity contribution in [2.45, 2.75) is 19.8 Å². The first-order chi connectivity index (χ1) is 8.29. The van der Waals surface area contributed by atoms with Gasteiger partial charge in [0, 0.05) is 25.0 Å². The van der Waals surface area contributed by atoms with Gasteiger partial charge in [0.2, 0.25) is 11.8 Å². The molecule has 2 heterocycles. The van der Waals surface area contributed by atoms with Crippen molar-refractivity contribution in [1.29, 1.82) is 0 Å². The van der Waals surface area contributed by atoms with Crippen LogP contribution in [-0.2, 0) is 4.74 Å². The van der Waals surface area contributed by atoms with Crippen molar-refractivity contribution in [3.05, 3.63) is 11.8 Å². The number of hydrogen-bond donors (Lipinski definition) is 2. The zero-order chi connectivity index (χ0) is 12.1. The summed E-state index contributed by atoms with van der Waals surface area (Å²) in [5.41, 5.74) is 3.32. The van der Waals surface area contributed by atoms with Crippen molar-refractivity contribution in [3.8, 4) is 5.88 Å². The van der Waals surface area contributed by atoms with Crippen molar-refractivity contribution in [1.82, 2.24) is 9.97 Å². The Morgan fingerprint density at radius 3 is 3.00 bits per heavy atom. The van der Waals surface area contributed by atoms with Crippen molar-refractivity contribution in [2.24, 2.45) is 11.8 Å². The lowest BCUT2D eigenvalue weighted by Gasteiger charge is -2.22. The topological polar surface area (TPSA) is 82.3 Å². The number of nitrogen functional groups attached to an aromatic ring is 1. The molecule has 1 fully saturated rings. The highest BCUT2D eigenvalue weighted by atomic mass is 16.5. The zero-order valence-electron chi connectivity index (χ0n) is 9.98. The Morgan fingerprint density at radius 2 is 2.29 bits per heavy atom. The molecule has 0 saturated carbocycles. The highest BCUT2D eigenvalue weighted by Gasteiger charge is 2.15. The van der Waals surface area contributed by atoms with E-state index in [1.807, 2.05) is 6.92 Å². The van der Waals surface area contributed by atoms with Gasteiger partial charge in [0.25, 0.3) is 0 Å². The van der Waals surface area contributed by atoms with Gasteiger partial charge in [-0.15, -0.1) is 0 Å². The van der Waals surface area contributed by atoms with Crippen molar-refractivity contribution >= 4 is 5.95 Å². The molecule has 6 heteroatoms. The van der Waals surface area contributed by atoms with Gasteiger partial charge in [-0.3, -0.25) is 5.43 Å². The maximum Gasteiger partial charge on any atom is 0.240 e. The standard InChI is InChI=1S/C11H18N4O2/c1-8-6-13-11(15-12)14-10(8)17-7-9-2-4-16-5-3-9/h6,9H,2-5,7,12H2,1H3,(H,13,14,15). The maximum absolute atomic E-state index is 5.72. The van der Waals surface area contributed by atoms with E-state index in [4.69, 9.17) is 15.3 Å². The molecule has 1 aliphatic rings. The van der Waals surface area contributed by atoms with Gasteiger partial charge < -0.3 is 9.47 Å². The fourth-order valence-electron chi connectivity index (χ4n) is 1.75. The Bertz CT molecular complexity index is 366. The molecule has 3 N–H and O–H groups in total. The SMILES string of the molecule is Cc1cnc(NN)nc1OCC1CCOCC1. The summed E-state index contributed by atoms with van der Waals surface area (Å²) in [5, 5.41) is 0. The van der Waals surface area contributed by atoms with Gasteiger partial charge in [0.1, 0.15) is 0 Å². The summed E-state index contributed by atoms with van der Waals surface area (Å²) < 4.78 is 11.0. The van der Waals surface area contributed by atoms with Crippen molar-refractivity contribution < 1.29 is 9.47 Å². The Kier molecular flexibility index (Phi) is 4.11. The van der Waals surface area contributed by atoms with Crippen LogP contribution in [0.25, 0.3) is 0 Å². The molecular formula is C11H18N4O2. The van der Waals surface area contributed by atoms with Crippen LogP contribution in [0.4, 0.5) is 5.95 Å². The summed E-state index contributed by atoms with van der Waals surface area (Å²) in [5.74, 6) is 6.78. The smallest absolute Gasteiger partial charge is 0.240 e. The van der Waals surface area contributed by atoms with E-state index in [1.54, 1.807) is 6.20 Å². The van der Waals surface area contributed by atoms with Crippen LogP contribution in [0.15, 0.2) is 6.20 Å². The van der Waals surface area contributed by atoms with Gasteiger partial charge in [-0.1, -0.05) is 0 Å². The van der Waals surface area contributed by atoms with Crippen molar-refractivity contribution in [2.75, 3.05) is 25.2 Å². The summed E-state index contributed by atoms with van der Waals surface area (Å²) in [6.45, 7) is 4.24. The fraction of sp³-hybridized carbons (Fsp3) is 0.636. The number of aryl methyl sites for hydroxylation is 1. The van der Waals surface area contributed by atoms with E-state index < -0.39 is 0 Å². The van der Waals surface area contributed by atoms with E-state index in [-0.39, 0.29) is 0 Å². The van der Waals surface area contributed by atoms with Gasteiger partial charge in [-0.25, -0.2) is 10.8 Å². The molecule has 94 valence electrons. The number of nitrogens with two attached hydrogens (primary N) is 1. The number of ether oxygens (including phenoxy) is 2. The second-order valence-corrected chi connectivity index (χ2v) is 4.19. The summed E-state index contributed by atoms with van der Waals surface area (Å²) in [4.78, 5) is 8.18. The molecule has 0 amide bonds. The molecule has 6 nitrogen and oxygen atoms in total. The number of nitrogens with one attached hydrogen (secondary N) is 1. The molecule has 1 saturated heterocycles. The lowest BCUT2D eigenvalue weighted by atomic mass is 10.0. The van der Waals surface area contributed by atoms with Crippen LogP contribution < -0.4 is 16.0 Å². The van der Waals surface area contributed by atoms with E-state index in [1.165, 1.54) is 0 Å². The second-order valence-electron chi connectivity index (χ2n) is 4.19. The lowest BCUT2D eigenvalue weighted by Crippen LogP contribution is -2.22. The maximum atomic E-state index is 5.72. The fourth-order valence-corrected chi connectivity index (χ4v) is 1.75. The zero-order valence-corrected chi connectivity index (χ0v) is 9.98. The predicted molar refractivity (Wildman–Crippen MR) is 63.6 cm³/mol. The largest absolute Gasteiger partial charge is 0.477 e. The molecule has 0 radical (unpaired) electrons. The summed E-state index contributed by atoms with van der Waals surface area (Å²) in [6.07, 6.45) is 3.79. The minimum atomic E-state index is 0.373. The molecule has 0 unspecified atom stereocenters. The van der Waals surface area contributed by atoms with Crippen LogP contribution in [0, 0.1) is 12.8 Å². The lowest BCUT2D eigenvalue weighted by molar-refractivity contribution is 0.0489. The highest BCUT2D eigenvalue weighted by Crippen LogP contribution is 2.19. The van der Waals surface area contributed by atoms with Crippen LogP contribution in [-0.4, -0.2) is 29.8 Å². The molecule has 2 rings (SSSR count). The normalized spacial score (nSPS) is 16.8. The molecule has 1 aliphatic heterocycles. The number of aromatic nitrogens is 2. The van der Waals surface area contributed by atoms with Gasteiger partial charge in [0.15, 0.2) is 0 Å². The quantitative estimate of drug-likeness (QED) is 0.598. The molecule has 0 bridgehead atoms. The molecule has 0 atom stereocenters. The monoisotopic (exact) mass is 238 g/mol. The molecule has 0 spiro atoms. The molecule has 0 aliphatic carbocycles. The minimum Gasteiger partial charge on any atom is -0.477 e. The number of nitrogens with zero attached hydrogens (tertiary/aromatic N) is 2. The van der Waals surface area contributed by atoms with Crippen LogP contribution >= 0.6 is 0 Å². The summed E-state index contributed by atoms with van der Waals surface area (Å²) >= 11 is 0. The van der Waals surface area contributed by atoms with E-state index in [2.05, 4.69) is 15.4 Å².